The van der Waals surface area contributed by atoms with Gasteiger partial charge in [0.1, 0.15) is 0 Å². The van der Waals surface area contributed by atoms with Crippen molar-refractivity contribution in [3.63, 3.8) is 0 Å². The van der Waals surface area contributed by atoms with Gasteiger partial charge in [-0.25, -0.2) is 4.79 Å². The largest absolute Gasteiger partial charge is 0.464 e. The van der Waals surface area contributed by atoms with Crippen LogP contribution in [-0.2, 0) is 11.3 Å². The average molecular weight is 225 g/mol. The molecule has 0 radical (unpaired) electrons. The fraction of sp³-hybridized carbons (Fsp3) is 0.636. The summed E-state index contributed by atoms with van der Waals surface area (Å²) in [6, 6.07) is 0. The smallest absolute Gasteiger partial charge is 0.360 e. The zero-order valence-corrected chi connectivity index (χ0v) is 10.1. The molecule has 0 aromatic carbocycles. The van der Waals surface area contributed by atoms with Crippen LogP contribution in [-0.4, -0.2) is 22.9 Å². The van der Waals surface area contributed by atoms with Crippen LogP contribution in [0.4, 0.5) is 5.69 Å². The Balaban J connectivity index is 2.59. The number of carbonyl (C=O) groups excluding carboxylic acids is 1. The van der Waals surface area contributed by atoms with E-state index in [9.17, 15) is 4.79 Å². The zero-order valence-electron chi connectivity index (χ0n) is 10.1. The van der Waals surface area contributed by atoms with Crippen LogP contribution in [0.2, 0.25) is 0 Å². The third-order valence-corrected chi connectivity index (χ3v) is 2.34. The summed E-state index contributed by atoms with van der Waals surface area (Å²) in [7, 11) is 1.32. The number of carbonyl (C=O) groups is 1. The van der Waals surface area contributed by atoms with Gasteiger partial charge in [-0.05, 0) is 18.8 Å². The molecule has 1 aromatic rings. The molecule has 0 saturated heterocycles. The third kappa shape index (κ3) is 3.25. The first-order valence-electron chi connectivity index (χ1n) is 5.45. The Morgan fingerprint density at radius 2 is 2.31 bits per heavy atom. The van der Waals surface area contributed by atoms with Crippen LogP contribution < -0.4 is 5.73 Å². The van der Waals surface area contributed by atoms with E-state index in [4.69, 9.17) is 5.73 Å². The molecule has 0 aliphatic carbocycles. The number of aryl methyl sites for hydroxylation is 1. The predicted molar refractivity (Wildman–Crippen MR) is 62.1 cm³/mol. The molecule has 1 rings (SSSR count). The van der Waals surface area contributed by atoms with E-state index >= 15 is 0 Å². The van der Waals surface area contributed by atoms with Crippen molar-refractivity contribution in [3.8, 4) is 0 Å². The monoisotopic (exact) mass is 225 g/mol. The van der Waals surface area contributed by atoms with Crippen LogP contribution >= 0.6 is 0 Å². The molecule has 0 unspecified atom stereocenters. The molecule has 0 bridgehead atoms. The maximum atomic E-state index is 11.3. The first-order valence-corrected chi connectivity index (χ1v) is 5.45. The van der Waals surface area contributed by atoms with Gasteiger partial charge in [-0.3, -0.25) is 4.68 Å². The second-order valence-electron chi connectivity index (χ2n) is 4.22. The Labute approximate surface area is 95.6 Å². The van der Waals surface area contributed by atoms with Crippen LogP contribution in [0.15, 0.2) is 6.20 Å². The van der Waals surface area contributed by atoms with Gasteiger partial charge in [0, 0.05) is 12.7 Å². The van der Waals surface area contributed by atoms with Crippen LogP contribution in [0, 0.1) is 5.92 Å². The molecule has 2 N–H and O–H groups in total. The van der Waals surface area contributed by atoms with Crippen LogP contribution in [0.3, 0.4) is 0 Å². The second-order valence-corrected chi connectivity index (χ2v) is 4.22. The summed E-state index contributed by atoms with van der Waals surface area (Å²) in [5.41, 5.74) is 6.24. The number of ether oxygens (including phenoxy) is 1. The van der Waals surface area contributed by atoms with E-state index in [1.807, 2.05) is 0 Å². The number of esters is 1. The minimum atomic E-state index is -0.486. The topological polar surface area (TPSA) is 70.1 Å². The van der Waals surface area contributed by atoms with Crippen LogP contribution in [0.5, 0.6) is 0 Å². The predicted octanol–water partition coefficient (Wildman–Crippen LogP) is 1.69. The number of hydrogen-bond donors (Lipinski definition) is 1. The van der Waals surface area contributed by atoms with E-state index in [0.717, 1.165) is 19.4 Å². The molecular weight excluding hydrogens is 206 g/mol. The van der Waals surface area contributed by atoms with Crippen molar-refractivity contribution >= 4 is 11.7 Å². The van der Waals surface area contributed by atoms with Crippen molar-refractivity contribution in [2.24, 2.45) is 5.92 Å². The SMILES string of the molecule is COC(=O)c1nn(CCCC(C)C)cc1N. The van der Waals surface area contributed by atoms with Gasteiger partial charge in [-0.1, -0.05) is 13.8 Å². The van der Waals surface area contributed by atoms with E-state index in [-0.39, 0.29) is 5.69 Å². The molecule has 90 valence electrons. The minimum absolute atomic E-state index is 0.201. The summed E-state index contributed by atoms with van der Waals surface area (Å²) >= 11 is 0. The number of hydrogen-bond acceptors (Lipinski definition) is 4. The minimum Gasteiger partial charge on any atom is -0.464 e. The van der Waals surface area contributed by atoms with Crippen molar-refractivity contribution in [3.05, 3.63) is 11.9 Å². The average Bonchev–Trinajstić information content (AvgIpc) is 2.58. The number of nitrogens with zero attached hydrogens (tertiary/aromatic N) is 2. The summed E-state index contributed by atoms with van der Waals surface area (Å²) in [5.74, 6) is 0.188. The molecule has 0 fully saturated rings. The molecule has 1 aromatic heterocycles. The van der Waals surface area contributed by atoms with Crippen molar-refractivity contribution < 1.29 is 9.53 Å². The first-order chi connectivity index (χ1) is 7.54. The molecule has 0 saturated carbocycles. The summed E-state index contributed by atoms with van der Waals surface area (Å²) in [5, 5.41) is 4.09. The summed E-state index contributed by atoms with van der Waals surface area (Å²) in [6.07, 6.45) is 3.83. The molecule has 5 heteroatoms. The van der Waals surface area contributed by atoms with E-state index < -0.39 is 5.97 Å². The van der Waals surface area contributed by atoms with Crippen LogP contribution in [0.1, 0.15) is 37.2 Å². The van der Waals surface area contributed by atoms with Crippen molar-refractivity contribution in [1.82, 2.24) is 9.78 Å². The molecule has 0 aliphatic heterocycles. The molecule has 16 heavy (non-hydrogen) atoms. The van der Waals surface area contributed by atoms with Gasteiger partial charge in [-0.2, -0.15) is 5.10 Å². The normalized spacial score (nSPS) is 10.8. The Morgan fingerprint density at radius 1 is 1.62 bits per heavy atom. The summed E-state index contributed by atoms with van der Waals surface area (Å²) in [6.45, 7) is 5.13. The van der Waals surface area contributed by atoms with Crippen molar-refractivity contribution in [2.45, 2.75) is 33.2 Å². The number of anilines is 1. The molecule has 0 spiro atoms. The van der Waals surface area contributed by atoms with E-state index in [1.165, 1.54) is 7.11 Å². The number of aromatic nitrogens is 2. The fourth-order valence-corrected chi connectivity index (χ4v) is 1.47. The Hall–Kier alpha value is -1.52. The summed E-state index contributed by atoms with van der Waals surface area (Å²) in [4.78, 5) is 11.3. The van der Waals surface area contributed by atoms with Gasteiger partial charge >= 0.3 is 5.97 Å². The van der Waals surface area contributed by atoms with Crippen LogP contribution in [0.25, 0.3) is 0 Å². The van der Waals surface area contributed by atoms with Gasteiger partial charge in [0.15, 0.2) is 5.69 Å². The van der Waals surface area contributed by atoms with Gasteiger partial charge in [0.05, 0.1) is 12.8 Å². The zero-order chi connectivity index (χ0) is 12.1. The highest BCUT2D eigenvalue weighted by Gasteiger charge is 2.14. The van der Waals surface area contributed by atoms with Crippen molar-refractivity contribution in [2.75, 3.05) is 12.8 Å². The first kappa shape index (κ1) is 12.5. The van der Waals surface area contributed by atoms with E-state index in [0.29, 0.717) is 11.6 Å². The highest BCUT2D eigenvalue weighted by Crippen LogP contribution is 2.12. The van der Waals surface area contributed by atoms with Gasteiger partial charge < -0.3 is 10.5 Å². The lowest BCUT2D eigenvalue weighted by atomic mass is 10.1. The van der Waals surface area contributed by atoms with Gasteiger partial charge in [-0.15, -0.1) is 0 Å². The molecule has 0 amide bonds. The van der Waals surface area contributed by atoms with E-state index in [1.54, 1.807) is 10.9 Å². The fourth-order valence-electron chi connectivity index (χ4n) is 1.47. The maximum absolute atomic E-state index is 11.3. The molecular formula is C11H19N3O2. The lowest BCUT2D eigenvalue weighted by Crippen LogP contribution is -2.07. The Morgan fingerprint density at radius 3 is 2.88 bits per heavy atom. The summed E-state index contributed by atoms with van der Waals surface area (Å²) < 4.78 is 6.28. The highest BCUT2D eigenvalue weighted by molar-refractivity contribution is 5.92. The number of rotatable bonds is 5. The molecule has 0 atom stereocenters. The molecule has 1 heterocycles. The maximum Gasteiger partial charge on any atom is 0.360 e. The van der Waals surface area contributed by atoms with Gasteiger partial charge in [0.2, 0.25) is 0 Å². The van der Waals surface area contributed by atoms with Crippen molar-refractivity contribution in [1.29, 1.82) is 0 Å². The quantitative estimate of drug-likeness (QED) is 0.774. The Bertz CT molecular complexity index is 358. The van der Waals surface area contributed by atoms with E-state index in [2.05, 4.69) is 23.7 Å². The third-order valence-electron chi connectivity index (χ3n) is 2.34. The number of nitrogen functional groups attached to an aromatic ring is 1. The molecule has 5 nitrogen and oxygen atoms in total. The second kappa shape index (κ2) is 5.53. The lowest BCUT2D eigenvalue weighted by molar-refractivity contribution is 0.0594. The molecule has 0 aliphatic rings. The standard InChI is InChI=1S/C11H19N3O2/c1-8(2)5-4-6-14-7-9(12)10(13-14)11(15)16-3/h7-8H,4-6,12H2,1-3H3. The highest BCUT2D eigenvalue weighted by atomic mass is 16.5. The number of methoxy groups -OCH3 is 1. The number of nitrogens with two attached hydrogens (primary N) is 1. The lowest BCUT2D eigenvalue weighted by Gasteiger charge is -2.03. The Kier molecular flexibility index (Phi) is 4.34. The van der Waals surface area contributed by atoms with Gasteiger partial charge in [0.25, 0.3) is 0 Å².